The highest BCUT2D eigenvalue weighted by atomic mass is 16.5. The van der Waals surface area contributed by atoms with Crippen molar-refractivity contribution in [1.29, 1.82) is 0 Å². The number of nitrogens with zero attached hydrogens (tertiary/aromatic N) is 3. The minimum atomic E-state index is -0.286. The molecule has 1 aromatic rings. The average molecular weight is 283 g/mol. The Morgan fingerprint density at radius 2 is 1.60 bits per heavy atom. The maximum absolute atomic E-state index is 5.63. The Morgan fingerprint density at radius 1 is 0.950 bits per heavy atom. The molecule has 0 saturated carbocycles. The number of aromatic nitrogens is 3. The smallest absolute Gasteiger partial charge is 0.323 e. The van der Waals surface area contributed by atoms with E-state index >= 15 is 0 Å². The van der Waals surface area contributed by atoms with E-state index in [0.29, 0.717) is 37.7 Å². The third kappa shape index (κ3) is 5.56. The number of nitrogens with one attached hydrogen (secondary N) is 2. The molecule has 0 aromatic carbocycles. The zero-order valence-electron chi connectivity index (χ0n) is 13.0. The van der Waals surface area contributed by atoms with Crippen LogP contribution in [0.4, 0.5) is 11.9 Å². The van der Waals surface area contributed by atoms with Gasteiger partial charge in [-0.1, -0.05) is 0 Å². The Morgan fingerprint density at radius 3 is 2.15 bits per heavy atom. The molecule has 0 aliphatic heterocycles. The molecule has 0 atom stereocenters. The number of anilines is 2. The summed E-state index contributed by atoms with van der Waals surface area (Å²) in [6.45, 7) is 12.4. The van der Waals surface area contributed by atoms with Gasteiger partial charge in [0.1, 0.15) is 0 Å². The van der Waals surface area contributed by atoms with Gasteiger partial charge in [-0.3, -0.25) is 0 Å². The lowest BCUT2D eigenvalue weighted by molar-refractivity contribution is 0.000567. The van der Waals surface area contributed by atoms with Gasteiger partial charge < -0.3 is 20.1 Å². The van der Waals surface area contributed by atoms with Crippen LogP contribution < -0.4 is 15.4 Å². The van der Waals surface area contributed by atoms with Gasteiger partial charge in [0.2, 0.25) is 11.9 Å². The molecule has 0 radical (unpaired) electrons. The summed E-state index contributed by atoms with van der Waals surface area (Å²) in [6.07, 6.45) is 0. The Balaban J connectivity index is 2.77. The largest absolute Gasteiger partial charge is 0.464 e. The Hall–Kier alpha value is -1.63. The van der Waals surface area contributed by atoms with Crippen molar-refractivity contribution in [1.82, 2.24) is 15.0 Å². The van der Waals surface area contributed by atoms with Gasteiger partial charge in [-0.05, 0) is 34.6 Å². The number of hydrogen-bond acceptors (Lipinski definition) is 7. The third-order valence-corrected chi connectivity index (χ3v) is 2.43. The molecule has 2 N–H and O–H groups in total. The average Bonchev–Trinajstić information content (AvgIpc) is 2.37. The first-order valence-electron chi connectivity index (χ1n) is 7.01. The highest BCUT2D eigenvalue weighted by Crippen LogP contribution is 2.14. The molecular weight excluding hydrogens is 258 g/mol. The molecule has 0 saturated heterocycles. The van der Waals surface area contributed by atoms with Crippen molar-refractivity contribution in [2.24, 2.45) is 0 Å². The monoisotopic (exact) mass is 283 g/mol. The summed E-state index contributed by atoms with van der Waals surface area (Å²) >= 11 is 0. The summed E-state index contributed by atoms with van der Waals surface area (Å²) in [5.41, 5.74) is -0.286. The van der Waals surface area contributed by atoms with E-state index in [9.17, 15) is 0 Å². The summed E-state index contributed by atoms with van der Waals surface area (Å²) < 4.78 is 11.0. The molecule has 1 rings (SSSR count). The lowest BCUT2D eigenvalue weighted by atomic mass is 10.1. The van der Waals surface area contributed by atoms with Gasteiger partial charge in [0.15, 0.2) is 0 Å². The molecular formula is C13H25N5O2. The molecule has 0 amide bonds. The van der Waals surface area contributed by atoms with Crippen LogP contribution in [0.15, 0.2) is 0 Å². The normalized spacial score (nSPS) is 11.2. The van der Waals surface area contributed by atoms with Crippen LogP contribution in [0.3, 0.4) is 0 Å². The van der Waals surface area contributed by atoms with Gasteiger partial charge in [0, 0.05) is 19.7 Å². The molecule has 0 aliphatic rings. The molecule has 0 unspecified atom stereocenters. The van der Waals surface area contributed by atoms with Gasteiger partial charge in [-0.25, -0.2) is 0 Å². The first kappa shape index (κ1) is 16.4. The zero-order chi connectivity index (χ0) is 15.0. The lowest BCUT2D eigenvalue weighted by Crippen LogP contribution is -2.34. The van der Waals surface area contributed by atoms with Crippen LogP contribution in [0.2, 0.25) is 0 Å². The molecule has 0 fully saturated rings. The zero-order valence-corrected chi connectivity index (χ0v) is 13.0. The highest BCUT2D eigenvalue weighted by Gasteiger charge is 2.18. The van der Waals surface area contributed by atoms with Gasteiger partial charge >= 0.3 is 6.01 Å². The van der Waals surface area contributed by atoms with Crippen molar-refractivity contribution < 1.29 is 9.47 Å². The number of rotatable bonds is 9. The standard InChI is InChI=1S/C13H25N5O2/c1-6-14-10-16-11(18-12(17-10)19-7-2)15-9-13(4,5)20-8-3/h6-9H2,1-5H3,(H2,14,15,16,17,18). The van der Waals surface area contributed by atoms with E-state index in [2.05, 4.69) is 25.6 Å². The first-order valence-corrected chi connectivity index (χ1v) is 7.01. The predicted octanol–water partition coefficient (Wildman–Crippen LogP) is 1.93. The van der Waals surface area contributed by atoms with Gasteiger partial charge in [0.05, 0.1) is 12.2 Å². The van der Waals surface area contributed by atoms with Crippen LogP contribution in [0.1, 0.15) is 34.6 Å². The fraction of sp³-hybridized carbons (Fsp3) is 0.769. The van der Waals surface area contributed by atoms with Crippen LogP contribution in [0.25, 0.3) is 0 Å². The third-order valence-electron chi connectivity index (χ3n) is 2.43. The fourth-order valence-corrected chi connectivity index (χ4v) is 1.60. The lowest BCUT2D eigenvalue weighted by Gasteiger charge is -2.24. The molecule has 20 heavy (non-hydrogen) atoms. The Bertz CT molecular complexity index is 387. The molecule has 7 nitrogen and oxygen atoms in total. The fourth-order valence-electron chi connectivity index (χ4n) is 1.60. The topological polar surface area (TPSA) is 81.2 Å². The van der Waals surface area contributed by atoms with E-state index in [0.717, 1.165) is 6.54 Å². The molecule has 1 aromatic heterocycles. The van der Waals surface area contributed by atoms with Crippen molar-refractivity contribution in [3.63, 3.8) is 0 Å². The van der Waals surface area contributed by atoms with Crippen LogP contribution in [0.5, 0.6) is 6.01 Å². The maximum Gasteiger partial charge on any atom is 0.323 e. The van der Waals surface area contributed by atoms with E-state index in [1.54, 1.807) is 0 Å². The number of hydrogen-bond donors (Lipinski definition) is 2. The molecule has 0 spiro atoms. The number of ether oxygens (including phenoxy) is 2. The van der Waals surface area contributed by atoms with Crippen molar-refractivity contribution >= 4 is 11.9 Å². The quantitative estimate of drug-likeness (QED) is 0.716. The predicted molar refractivity (Wildman–Crippen MR) is 79.4 cm³/mol. The van der Waals surface area contributed by atoms with Crippen molar-refractivity contribution in [2.75, 3.05) is 36.9 Å². The van der Waals surface area contributed by atoms with Crippen molar-refractivity contribution in [2.45, 2.75) is 40.2 Å². The van der Waals surface area contributed by atoms with E-state index in [4.69, 9.17) is 9.47 Å². The Labute approximate surface area is 120 Å². The van der Waals surface area contributed by atoms with Gasteiger partial charge in [0.25, 0.3) is 0 Å². The van der Waals surface area contributed by atoms with Gasteiger partial charge in [-0.15, -0.1) is 0 Å². The summed E-state index contributed by atoms with van der Waals surface area (Å²) in [4.78, 5) is 12.7. The molecule has 1 heterocycles. The van der Waals surface area contributed by atoms with E-state index in [-0.39, 0.29) is 5.60 Å². The second-order valence-electron chi connectivity index (χ2n) is 4.77. The SMILES string of the molecule is CCNc1nc(NCC(C)(C)OCC)nc(OCC)n1. The maximum atomic E-state index is 5.63. The molecule has 0 bridgehead atoms. The summed E-state index contributed by atoms with van der Waals surface area (Å²) in [6, 6.07) is 0.315. The van der Waals surface area contributed by atoms with Crippen LogP contribution in [0, 0.1) is 0 Å². The van der Waals surface area contributed by atoms with E-state index in [1.807, 2.05) is 34.6 Å². The second kappa shape index (κ2) is 7.84. The van der Waals surface area contributed by atoms with Crippen molar-refractivity contribution in [3.05, 3.63) is 0 Å². The van der Waals surface area contributed by atoms with Crippen LogP contribution >= 0.6 is 0 Å². The first-order chi connectivity index (χ1) is 9.50. The van der Waals surface area contributed by atoms with Crippen LogP contribution in [-0.2, 0) is 4.74 Å². The summed E-state index contributed by atoms with van der Waals surface area (Å²) in [5, 5.41) is 6.22. The highest BCUT2D eigenvalue weighted by molar-refractivity contribution is 5.36. The summed E-state index contributed by atoms with van der Waals surface area (Å²) in [7, 11) is 0. The molecule has 114 valence electrons. The van der Waals surface area contributed by atoms with E-state index in [1.165, 1.54) is 0 Å². The summed E-state index contributed by atoms with van der Waals surface area (Å²) in [5.74, 6) is 0.981. The van der Waals surface area contributed by atoms with Crippen LogP contribution in [-0.4, -0.2) is 46.9 Å². The van der Waals surface area contributed by atoms with Gasteiger partial charge in [-0.2, -0.15) is 15.0 Å². The molecule has 7 heteroatoms. The minimum absolute atomic E-state index is 0.286. The van der Waals surface area contributed by atoms with E-state index < -0.39 is 0 Å². The Kier molecular flexibility index (Phi) is 6.44. The minimum Gasteiger partial charge on any atom is -0.464 e. The second-order valence-corrected chi connectivity index (χ2v) is 4.77. The van der Waals surface area contributed by atoms with Crippen molar-refractivity contribution in [3.8, 4) is 6.01 Å². The molecule has 0 aliphatic carbocycles.